The summed E-state index contributed by atoms with van der Waals surface area (Å²) in [7, 11) is 1.35. The number of nitrogens with zero attached hydrogens (tertiary/aromatic N) is 3. The zero-order valence-electron chi connectivity index (χ0n) is 11.4. The van der Waals surface area contributed by atoms with Crippen LogP contribution in [-0.2, 0) is 0 Å². The van der Waals surface area contributed by atoms with Crippen LogP contribution in [0.15, 0.2) is 30.3 Å². The van der Waals surface area contributed by atoms with Crippen molar-refractivity contribution in [1.29, 1.82) is 5.26 Å². The Morgan fingerprint density at radius 1 is 1.33 bits per heavy atom. The largest absolute Gasteiger partial charge is 0.490 e. The fraction of sp³-hybridized carbons (Fsp3) is 0.143. The number of benzene rings is 1. The molecule has 7 nitrogen and oxygen atoms in total. The third kappa shape index (κ3) is 3.25. The number of nitriles is 1. The number of methoxy groups -OCH3 is 1. The van der Waals surface area contributed by atoms with Crippen LogP contribution in [0.3, 0.4) is 0 Å². The predicted octanol–water partition coefficient (Wildman–Crippen LogP) is 2.97. The van der Waals surface area contributed by atoms with Crippen LogP contribution in [0, 0.1) is 28.4 Å². The van der Waals surface area contributed by atoms with Gasteiger partial charge >= 0.3 is 5.69 Å². The van der Waals surface area contributed by atoms with Gasteiger partial charge in [0, 0.05) is 11.8 Å². The molecule has 0 saturated carbocycles. The van der Waals surface area contributed by atoms with E-state index in [1.54, 1.807) is 13.0 Å². The monoisotopic (exact) mass is 285 g/mol. The van der Waals surface area contributed by atoms with Crippen LogP contribution in [0.1, 0.15) is 11.3 Å². The molecule has 0 N–H and O–H groups in total. The Morgan fingerprint density at radius 2 is 2.10 bits per heavy atom. The molecule has 7 heteroatoms. The van der Waals surface area contributed by atoms with E-state index in [0.29, 0.717) is 11.3 Å². The molecule has 1 aromatic heterocycles. The molecule has 0 amide bonds. The molecular formula is C14H11N3O4. The first-order valence-corrected chi connectivity index (χ1v) is 5.92. The maximum absolute atomic E-state index is 11.0. The van der Waals surface area contributed by atoms with Crippen molar-refractivity contribution < 1.29 is 14.4 Å². The van der Waals surface area contributed by atoms with Gasteiger partial charge in [-0.1, -0.05) is 0 Å². The molecule has 2 aromatic rings. The first-order valence-electron chi connectivity index (χ1n) is 5.92. The van der Waals surface area contributed by atoms with E-state index in [-0.39, 0.29) is 23.1 Å². The second-order valence-corrected chi connectivity index (χ2v) is 4.14. The van der Waals surface area contributed by atoms with E-state index >= 15 is 0 Å². The van der Waals surface area contributed by atoms with Gasteiger partial charge in [-0.05, 0) is 25.1 Å². The van der Waals surface area contributed by atoms with Crippen LogP contribution in [-0.4, -0.2) is 17.0 Å². The van der Waals surface area contributed by atoms with E-state index in [0.717, 1.165) is 0 Å². The standard InChI is InChI=1S/C14H11N3O4/c1-9-5-10(8-15)6-14(16-9)21-11-3-4-13(20-2)12(7-11)17(18)19/h3-7H,1-2H3. The number of aryl methyl sites for hydroxylation is 1. The summed E-state index contributed by atoms with van der Waals surface area (Å²) in [6.45, 7) is 1.73. The summed E-state index contributed by atoms with van der Waals surface area (Å²) in [5.74, 6) is 0.581. The van der Waals surface area contributed by atoms with Gasteiger partial charge in [0.05, 0.1) is 29.7 Å². The van der Waals surface area contributed by atoms with Gasteiger partial charge in [0.2, 0.25) is 5.88 Å². The lowest BCUT2D eigenvalue weighted by Crippen LogP contribution is -1.96. The van der Waals surface area contributed by atoms with Crippen molar-refractivity contribution >= 4 is 5.69 Å². The second-order valence-electron chi connectivity index (χ2n) is 4.14. The number of aromatic nitrogens is 1. The molecule has 106 valence electrons. The maximum Gasteiger partial charge on any atom is 0.314 e. The number of nitro benzene ring substituents is 1. The van der Waals surface area contributed by atoms with Crippen molar-refractivity contribution in [3.8, 4) is 23.4 Å². The summed E-state index contributed by atoms with van der Waals surface area (Å²) in [6, 6.07) is 9.28. The van der Waals surface area contributed by atoms with E-state index in [1.807, 2.05) is 6.07 Å². The van der Waals surface area contributed by atoms with Gasteiger partial charge in [0.25, 0.3) is 0 Å². The van der Waals surface area contributed by atoms with Gasteiger partial charge in [-0.15, -0.1) is 0 Å². The summed E-state index contributed by atoms with van der Waals surface area (Å²) in [5.41, 5.74) is 0.815. The van der Waals surface area contributed by atoms with E-state index in [4.69, 9.17) is 14.7 Å². The van der Waals surface area contributed by atoms with E-state index in [2.05, 4.69) is 4.98 Å². The number of pyridine rings is 1. The molecule has 0 fully saturated rings. The van der Waals surface area contributed by atoms with E-state index in [9.17, 15) is 10.1 Å². The summed E-state index contributed by atoms with van der Waals surface area (Å²) >= 11 is 0. The van der Waals surface area contributed by atoms with Crippen molar-refractivity contribution in [3.05, 3.63) is 51.7 Å². The molecule has 1 aromatic carbocycles. The van der Waals surface area contributed by atoms with Crippen LogP contribution in [0.25, 0.3) is 0 Å². The summed E-state index contributed by atoms with van der Waals surface area (Å²) < 4.78 is 10.4. The zero-order valence-corrected chi connectivity index (χ0v) is 11.4. The van der Waals surface area contributed by atoms with Crippen LogP contribution in [0.4, 0.5) is 5.69 Å². The molecule has 0 atom stereocenters. The molecule has 0 aliphatic heterocycles. The average molecular weight is 285 g/mol. The fourth-order valence-electron chi connectivity index (χ4n) is 1.75. The zero-order chi connectivity index (χ0) is 15.4. The fourth-order valence-corrected chi connectivity index (χ4v) is 1.75. The van der Waals surface area contributed by atoms with E-state index < -0.39 is 4.92 Å². The molecule has 0 saturated heterocycles. The molecule has 0 aliphatic rings. The minimum Gasteiger partial charge on any atom is -0.490 e. The number of hydrogen-bond donors (Lipinski definition) is 0. The van der Waals surface area contributed by atoms with Gasteiger partial charge in [-0.2, -0.15) is 5.26 Å². The van der Waals surface area contributed by atoms with Gasteiger partial charge in [-0.25, -0.2) is 4.98 Å². The Labute approximate surface area is 120 Å². The second kappa shape index (κ2) is 5.88. The quantitative estimate of drug-likeness (QED) is 0.632. The first kappa shape index (κ1) is 14.3. The van der Waals surface area contributed by atoms with Crippen molar-refractivity contribution in [3.63, 3.8) is 0 Å². The maximum atomic E-state index is 11.0. The van der Waals surface area contributed by atoms with E-state index in [1.165, 1.54) is 31.4 Å². The first-order chi connectivity index (χ1) is 10.0. The van der Waals surface area contributed by atoms with Crippen molar-refractivity contribution in [1.82, 2.24) is 4.98 Å². The number of rotatable bonds is 4. The van der Waals surface area contributed by atoms with Gasteiger partial charge in [0.15, 0.2) is 5.75 Å². The lowest BCUT2D eigenvalue weighted by Gasteiger charge is -2.07. The molecule has 0 aliphatic carbocycles. The van der Waals surface area contributed by atoms with Gasteiger partial charge in [0.1, 0.15) is 5.75 Å². The van der Waals surface area contributed by atoms with Crippen molar-refractivity contribution in [2.45, 2.75) is 6.92 Å². The Morgan fingerprint density at radius 3 is 2.71 bits per heavy atom. The summed E-state index contributed by atoms with van der Waals surface area (Å²) in [4.78, 5) is 14.5. The third-order valence-corrected chi connectivity index (χ3v) is 2.63. The molecular weight excluding hydrogens is 274 g/mol. The molecule has 21 heavy (non-hydrogen) atoms. The molecule has 2 rings (SSSR count). The Bertz CT molecular complexity index is 737. The minimum absolute atomic E-state index is 0.141. The topological polar surface area (TPSA) is 98.3 Å². The van der Waals surface area contributed by atoms with Crippen LogP contribution in [0.5, 0.6) is 17.4 Å². The molecule has 0 spiro atoms. The Hall–Kier alpha value is -3.14. The average Bonchev–Trinajstić information content (AvgIpc) is 2.46. The van der Waals surface area contributed by atoms with Crippen LogP contribution >= 0.6 is 0 Å². The highest BCUT2D eigenvalue weighted by molar-refractivity contribution is 5.51. The van der Waals surface area contributed by atoms with Crippen molar-refractivity contribution in [2.75, 3.05) is 7.11 Å². The highest BCUT2D eigenvalue weighted by Gasteiger charge is 2.16. The SMILES string of the molecule is COc1ccc(Oc2cc(C#N)cc(C)n2)cc1[N+](=O)[O-]. The van der Waals surface area contributed by atoms with Gasteiger partial charge in [-0.3, -0.25) is 10.1 Å². The van der Waals surface area contributed by atoms with Crippen LogP contribution < -0.4 is 9.47 Å². The smallest absolute Gasteiger partial charge is 0.314 e. The third-order valence-electron chi connectivity index (χ3n) is 2.63. The van der Waals surface area contributed by atoms with Crippen molar-refractivity contribution in [2.24, 2.45) is 0 Å². The highest BCUT2D eigenvalue weighted by atomic mass is 16.6. The molecule has 0 radical (unpaired) electrons. The minimum atomic E-state index is -0.559. The molecule has 0 bridgehead atoms. The predicted molar refractivity (Wildman–Crippen MR) is 73.4 cm³/mol. The highest BCUT2D eigenvalue weighted by Crippen LogP contribution is 2.32. The number of ether oxygens (including phenoxy) is 2. The molecule has 1 heterocycles. The van der Waals surface area contributed by atoms with Gasteiger partial charge < -0.3 is 9.47 Å². The number of hydrogen-bond acceptors (Lipinski definition) is 6. The Kier molecular flexibility index (Phi) is 4.00. The summed E-state index contributed by atoms with van der Waals surface area (Å²) in [5, 5.41) is 19.8. The molecule has 0 unspecified atom stereocenters. The number of nitro groups is 1. The van der Waals surface area contributed by atoms with Crippen LogP contribution in [0.2, 0.25) is 0 Å². The summed E-state index contributed by atoms with van der Waals surface area (Å²) in [6.07, 6.45) is 0. The lowest BCUT2D eigenvalue weighted by molar-refractivity contribution is -0.385. The Balaban J connectivity index is 2.36. The normalized spacial score (nSPS) is 9.76. The lowest BCUT2D eigenvalue weighted by atomic mass is 10.2.